The summed E-state index contributed by atoms with van der Waals surface area (Å²) in [6, 6.07) is 0. The molecule has 2 heterocycles. The number of nitrogens with one attached hydrogen (secondary N) is 1. The number of hydrogen-bond donors (Lipinski definition) is 1. The fraction of sp³-hybridized carbons (Fsp3) is 0.706. The van der Waals surface area contributed by atoms with Crippen LogP contribution in [-0.2, 0) is 7.05 Å². The number of halogens is 1. The highest BCUT2D eigenvalue weighted by Gasteiger charge is 2.37. The minimum Gasteiger partial charge on any atom is -0.357 e. The summed E-state index contributed by atoms with van der Waals surface area (Å²) in [6.45, 7) is 9.44. The van der Waals surface area contributed by atoms with Crippen LogP contribution in [-0.4, -0.2) is 59.7 Å². The Bertz CT molecular complexity index is 661. The first-order chi connectivity index (χ1) is 11.5. The molecular weight excluding hydrogens is 431 g/mol. The number of aryl methyl sites for hydroxylation is 1. The summed E-state index contributed by atoms with van der Waals surface area (Å²) in [6.07, 6.45) is 5.95. The van der Waals surface area contributed by atoms with Gasteiger partial charge in [0.05, 0.1) is 0 Å². The summed E-state index contributed by atoms with van der Waals surface area (Å²) < 4.78 is 1.58. The van der Waals surface area contributed by atoms with Crippen LogP contribution in [0.2, 0.25) is 0 Å². The fourth-order valence-corrected chi connectivity index (χ4v) is 2.89. The topological polar surface area (TPSA) is 65.8 Å². The molecule has 0 bridgehead atoms. The van der Waals surface area contributed by atoms with Crippen LogP contribution in [0.15, 0.2) is 22.2 Å². The van der Waals surface area contributed by atoms with E-state index < -0.39 is 0 Å². The van der Waals surface area contributed by atoms with Gasteiger partial charge >= 0.3 is 0 Å². The predicted octanol–water partition coefficient (Wildman–Crippen LogP) is 1.29. The van der Waals surface area contributed by atoms with Gasteiger partial charge in [-0.15, -0.1) is 24.0 Å². The average Bonchev–Trinajstić information content (AvgIpc) is 3.32. The Hall–Kier alpha value is -1.32. The van der Waals surface area contributed by atoms with Crippen molar-refractivity contribution in [1.29, 1.82) is 0 Å². The van der Waals surface area contributed by atoms with E-state index in [0.717, 1.165) is 45.2 Å². The van der Waals surface area contributed by atoms with Crippen molar-refractivity contribution in [3.8, 4) is 0 Å². The summed E-state index contributed by atoms with van der Waals surface area (Å²) in [4.78, 5) is 25.7. The number of piperazine rings is 1. The second kappa shape index (κ2) is 8.37. The molecule has 1 N–H and O–H groups in total. The van der Waals surface area contributed by atoms with Crippen LogP contribution in [0, 0.1) is 5.41 Å². The largest absolute Gasteiger partial charge is 0.357 e. The van der Waals surface area contributed by atoms with E-state index in [0.29, 0.717) is 11.2 Å². The van der Waals surface area contributed by atoms with Gasteiger partial charge < -0.3 is 19.7 Å². The van der Waals surface area contributed by atoms with Crippen molar-refractivity contribution in [2.24, 2.45) is 17.5 Å². The fourth-order valence-electron chi connectivity index (χ4n) is 2.89. The third-order valence-electron chi connectivity index (χ3n) is 4.93. The van der Waals surface area contributed by atoms with Gasteiger partial charge in [0.2, 0.25) is 0 Å². The van der Waals surface area contributed by atoms with Crippen molar-refractivity contribution in [1.82, 2.24) is 19.8 Å². The quantitative estimate of drug-likeness (QED) is 0.417. The van der Waals surface area contributed by atoms with E-state index in [9.17, 15) is 4.79 Å². The first-order valence-electron chi connectivity index (χ1n) is 8.82. The van der Waals surface area contributed by atoms with E-state index in [1.165, 1.54) is 12.8 Å². The Morgan fingerprint density at radius 2 is 2.00 bits per heavy atom. The smallest absolute Gasteiger partial charge is 0.293 e. The molecule has 0 amide bonds. The molecule has 2 aliphatic rings. The number of hydrogen-bond acceptors (Lipinski definition) is 4. The number of anilines is 1. The molecule has 0 unspecified atom stereocenters. The van der Waals surface area contributed by atoms with Crippen LogP contribution in [0.3, 0.4) is 0 Å². The molecule has 0 aromatic carbocycles. The van der Waals surface area contributed by atoms with Crippen LogP contribution < -0.4 is 15.8 Å². The number of nitrogens with zero attached hydrogens (tertiary/aromatic N) is 5. The molecule has 1 saturated heterocycles. The summed E-state index contributed by atoms with van der Waals surface area (Å²) in [5, 5.41) is 3.40. The molecule has 1 aromatic heterocycles. The maximum Gasteiger partial charge on any atom is 0.293 e. The molecule has 25 heavy (non-hydrogen) atoms. The normalized spacial score (nSPS) is 19.4. The zero-order valence-corrected chi connectivity index (χ0v) is 17.7. The molecule has 3 rings (SSSR count). The van der Waals surface area contributed by atoms with E-state index >= 15 is 0 Å². The lowest BCUT2D eigenvalue weighted by atomic mass is 10.1. The highest BCUT2D eigenvalue weighted by molar-refractivity contribution is 14.0. The van der Waals surface area contributed by atoms with Crippen LogP contribution in [0.5, 0.6) is 0 Å². The molecule has 2 fully saturated rings. The van der Waals surface area contributed by atoms with Crippen LogP contribution in [0.25, 0.3) is 0 Å². The molecule has 1 aliphatic heterocycles. The second-order valence-electron chi connectivity index (χ2n) is 7.12. The van der Waals surface area contributed by atoms with Crippen LogP contribution >= 0.6 is 24.0 Å². The molecule has 0 atom stereocenters. The van der Waals surface area contributed by atoms with Gasteiger partial charge in [-0.1, -0.05) is 6.92 Å². The maximum absolute atomic E-state index is 12.2. The van der Waals surface area contributed by atoms with Gasteiger partial charge in [0.25, 0.3) is 5.56 Å². The molecule has 8 heteroatoms. The summed E-state index contributed by atoms with van der Waals surface area (Å²) in [5.41, 5.74) is 0.385. The first kappa shape index (κ1) is 20.0. The first-order valence-corrected chi connectivity index (χ1v) is 8.82. The van der Waals surface area contributed by atoms with Crippen molar-refractivity contribution >= 4 is 35.8 Å². The standard InChI is InChI=1S/C17H28N6O.HI/c1-4-18-16(20-13-17(2)5-6-17)23-11-9-22(10-12-23)14-15(24)21(3)8-7-19-14;/h7-8H,4-6,9-13H2,1-3H3,(H,18,20);1H. The average molecular weight is 460 g/mol. The van der Waals surface area contributed by atoms with Gasteiger partial charge in [-0.05, 0) is 25.2 Å². The molecular formula is C17H29IN6O. The molecule has 1 aromatic rings. The van der Waals surface area contributed by atoms with Crippen LogP contribution in [0.4, 0.5) is 5.82 Å². The molecule has 7 nitrogen and oxygen atoms in total. The van der Waals surface area contributed by atoms with Crippen molar-refractivity contribution < 1.29 is 0 Å². The van der Waals surface area contributed by atoms with E-state index in [-0.39, 0.29) is 29.5 Å². The van der Waals surface area contributed by atoms with Crippen molar-refractivity contribution in [3.05, 3.63) is 22.7 Å². The van der Waals surface area contributed by atoms with Crippen molar-refractivity contribution in [3.63, 3.8) is 0 Å². The minimum absolute atomic E-state index is 0. The summed E-state index contributed by atoms with van der Waals surface area (Å²) in [5.74, 6) is 1.55. The summed E-state index contributed by atoms with van der Waals surface area (Å²) in [7, 11) is 1.76. The Morgan fingerprint density at radius 1 is 1.32 bits per heavy atom. The Kier molecular flexibility index (Phi) is 6.70. The van der Waals surface area contributed by atoms with Gasteiger partial charge in [-0.25, -0.2) is 4.98 Å². The van der Waals surface area contributed by atoms with E-state index in [2.05, 4.69) is 33.9 Å². The van der Waals surface area contributed by atoms with E-state index in [1.54, 1.807) is 24.0 Å². The third kappa shape index (κ3) is 4.86. The molecule has 140 valence electrons. The SMILES string of the molecule is CCNC(=NCC1(C)CC1)N1CCN(c2nccn(C)c2=O)CC1.I. The lowest BCUT2D eigenvalue weighted by molar-refractivity contribution is 0.369. The zero-order valence-electron chi connectivity index (χ0n) is 15.4. The molecule has 1 saturated carbocycles. The van der Waals surface area contributed by atoms with Gasteiger partial charge in [0.1, 0.15) is 0 Å². The van der Waals surface area contributed by atoms with Gasteiger partial charge in [0, 0.05) is 58.7 Å². The lowest BCUT2D eigenvalue weighted by Crippen LogP contribution is -2.53. The monoisotopic (exact) mass is 460 g/mol. The summed E-state index contributed by atoms with van der Waals surface area (Å²) >= 11 is 0. The van der Waals surface area contributed by atoms with Gasteiger partial charge in [0.15, 0.2) is 11.8 Å². The minimum atomic E-state index is -0.0341. The Balaban J connectivity index is 0.00000225. The van der Waals surface area contributed by atoms with Crippen molar-refractivity contribution in [2.45, 2.75) is 26.7 Å². The van der Waals surface area contributed by atoms with Gasteiger partial charge in [-0.3, -0.25) is 9.79 Å². The Morgan fingerprint density at radius 3 is 2.60 bits per heavy atom. The third-order valence-corrected chi connectivity index (χ3v) is 4.93. The number of aliphatic imine (C=N–C) groups is 1. The molecule has 0 radical (unpaired) electrons. The second-order valence-corrected chi connectivity index (χ2v) is 7.12. The zero-order chi connectivity index (χ0) is 17.2. The van der Waals surface area contributed by atoms with Crippen molar-refractivity contribution in [2.75, 3.05) is 44.2 Å². The number of guanidine groups is 1. The van der Waals surface area contributed by atoms with E-state index in [1.807, 2.05) is 0 Å². The lowest BCUT2D eigenvalue weighted by Gasteiger charge is -2.36. The number of aromatic nitrogens is 2. The van der Waals surface area contributed by atoms with Crippen LogP contribution in [0.1, 0.15) is 26.7 Å². The Labute approximate surface area is 166 Å². The highest BCUT2D eigenvalue weighted by atomic mass is 127. The predicted molar refractivity (Wildman–Crippen MR) is 112 cm³/mol. The molecule has 0 spiro atoms. The van der Waals surface area contributed by atoms with E-state index in [4.69, 9.17) is 4.99 Å². The number of rotatable bonds is 4. The molecule has 1 aliphatic carbocycles. The highest BCUT2D eigenvalue weighted by Crippen LogP contribution is 2.45. The van der Waals surface area contributed by atoms with Gasteiger partial charge in [-0.2, -0.15) is 0 Å². The maximum atomic E-state index is 12.2.